The standard InChI is InChI=1S/C26H37F2N5O3S/c1-14-9-8-10-33(14)24(35)19-20(37-23(32-19)22(34)30-13-26(6,7)36)17-12-29-18(11-16(17)21(27)28)31-15(2)25(3,4)5/h11-12,14-15,21,36H,8-10,13H2,1-7H3,(H,29,31)(H,30,34)/t14-,15-/m0/s1. The summed E-state index contributed by atoms with van der Waals surface area (Å²) in [6.45, 7) is 13.6. The number of hydrogen-bond acceptors (Lipinski definition) is 7. The van der Waals surface area contributed by atoms with Crippen molar-refractivity contribution in [3.05, 3.63) is 28.5 Å². The molecule has 204 valence electrons. The molecule has 1 saturated heterocycles. The number of nitrogens with zero attached hydrogens (tertiary/aromatic N) is 3. The van der Waals surface area contributed by atoms with Gasteiger partial charge < -0.3 is 20.6 Å². The number of carbonyl (C=O) groups excluding carboxylic acids is 2. The summed E-state index contributed by atoms with van der Waals surface area (Å²) in [6.07, 6.45) is 0.142. The van der Waals surface area contributed by atoms with Crippen molar-refractivity contribution in [1.82, 2.24) is 20.2 Å². The minimum absolute atomic E-state index is 0.0207. The zero-order valence-corrected chi connectivity index (χ0v) is 23.3. The predicted octanol–water partition coefficient (Wildman–Crippen LogP) is 5.11. The summed E-state index contributed by atoms with van der Waals surface area (Å²) in [7, 11) is 0. The summed E-state index contributed by atoms with van der Waals surface area (Å²) < 4.78 is 28.6. The highest BCUT2D eigenvalue weighted by molar-refractivity contribution is 7.17. The van der Waals surface area contributed by atoms with Crippen LogP contribution in [0.1, 0.15) is 93.6 Å². The molecule has 1 aliphatic heterocycles. The molecule has 1 aliphatic rings. The van der Waals surface area contributed by atoms with E-state index in [-0.39, 0.29) is 50.7 Å². The second-order valence-corrected chi connectivity index (χ2v) is 12.4. The molecule has 2 amide bonds. The Hall–Kier alpha value is -2.66. The Labute approximate surface area is 220 Å². The highest BCUT2D eigenvalue weighted by atomic mass is 32.1. The first kappa shape index (κ1) is 28.9. The Balaban J connectivity index is 2.07. The van der Waals surface area contributed by atoms with Gasteiger partial charge in [-0.3, -0.25) is 9.59 Å². The number of thiazole rings is 1. The molecular weight excluding hydrogens is 500 g/mol. The lowest BCUT2D eigenvalue weighted by Crippen LogP contribution is -2.38. The van der Waals surface area contributed by atoms with Crippen LogP contribution in [-0.2, 0) is 0 Å². The van der Waals surface area contributed by atoms with Crippen LogP contribution in [0.3, 0.4) is 0 Å². The SMILES string of the molecule is C[C@H](Nc1cc(C(F)F)c(-c2sc(C(=O)NCC(C)(C)O)nc2C(=O)N2CCC[C@@H]2C)cn1)C(C)(C)C. The number of carbonyl (C=O) groups is 2. The molecule has 2 aromatic heterocycles. The summed E-state index contributed by atoms with van der Waals surface area (Å²) in [5.74, 6) is -0.692. The molecule has 0 unspecified atom stereocenters. The van der Waals surface area contributed by atoms with E-state index in [1.165, 1.54) is 12.3 Å². The van der Waals surface area contributed by atoms with Gasteiger partial charge in [-0.1, -0.05) is 20.8 Å². The summed E-state index contributed by atoms with van der Waals surface area (Å²) in [6, 6.07) is 1.23. The topological polar surface area (TPSA) is 107 Å². The van der Waals surface area contributed by atoms with E-state index in [4.69, 9.17) is 0 Å². The molecule has 11 heteroatoms. The molecule has 0 saturated carbocycles. The van der Waals surface area contributed by atoms with E-state index in [0.717, 1.165) is 24.2 Å². The molecule has 37 heavy (non-hydrogen) atoms. The van der Waals surface area contributed by atoms with Crippen molar-refractivity contribution in [2.24, 2.45) is 5.41 Å². The van der Waals surface area contributed by atoms with Gasteiger partial charge in [0.2, 0.25) is 0 Å². The van der Waals surface area contributed by atoms with Crippen LogP contribution < -0.4 is 10.6 Å². The third-order valence-electron chi connectivity index (χ3n) is 6.60. The number of nitrogens with one attached hydrogen (secondary N) is 2. The number of aliphatic hydroxyl groups is 1. The Morgan fingerprint density at radius 1 is 1.27 bits per heavy atom. The van der Waals surface area contributed by atoms with E-state index in [2.05, 4.69) is 20.6 Å². The van der Waals surface area contributed by atoms with E-state index < -0.39 is 23.8 Å². The number of pyridine rings is 1. The number of likely N-dealkylation sites (tertiary alicyclic amines) is 1. The zero-order valence-electron chi connectivity index (χ0n) is 22.5. The van der Waals surface area contributed by atoms with E-state index in [0.29, 0.717) is 12.4 Å². The summed E-state index contributed by atoms with van der Waals surface area (Å²) in [5.41, 5.74) is -1.55. The summed E-state index contributed by atoms with van der Waals surface area (Å²) in [5, 5.41) is 15.7. The normalized spacial score (nSPS) is 17.3. The molecule has 2 aromatic rings. The predicted molar refractivity (Wildman–Crippen MR) is 141 cm³/mol. The lowest BCUT2D eigenvalue weighted by molar-refractivity contribution is 0.0692. The van der Waals surface area contributed by atoms with Gasteiger partial charge in [-0.15, -0.1) is 11.3 Å². The van der Waals surface area contributed by atoms with E-state index in [9.17, 15) is 23.5 Å². The number of amides is 2. The second-order valence-electron chi connectivity index (χ2n) is 11.4. The fourth-order valence-electron chi connectivity index (χ4n) is 3.85. The van der Waals surface area contributed by atoms with Crippen LogP contribution in [0.15, 0.2) is 12.3 Å². The molecule has 0 bridgehead atoms. The van der Waals surface area contributed by atoms with Gasteiger partial charge in [0.15, 0.2) is 5.01 Å². The molecule has 3 rings (SSSR count). The van der Waals surface area contributed by atoms with Crippen LogP contribution >= 0.6 is 11.3 Å². The van der Waals surface area contributed by atoms with Gasteiger partial charge in [-0.2, -0.15) is 0 Å². The van der Waals surface area contributed by atoms with Crippen molar-refractivity contribution in [2.45, 2.75) is 85.4 Å². The number of anilines is 1. The third kappa shape index (κ3) is 7.01. The molecule has 0 spiro atoms. The Bertz CT molecular complexity index is 1140. The van der Waals surface area contributed by atoms with Crippen LogP contribution in [0.2, 0.25) is 0 Å². The molecule has 1 fully saturated rings. The Morgan fingerprint density at radius 3 is 2.49 bits per heavy atom. The second kappa shape index (κ2) is 11.0. The maximum absolute atomic E-state index is 14.3. The highest BCUT2D eigenvalue weighted by Crippen LogP contribution is 2.39. The first-order valence-electron chi connectivity index (χ1n) is 12.5. The van der Waals surface area contributed by atoms with Crippen LogP contribution in [-0.4, -0.2) is 62.6 Å². The maximum atomic E-state index is 14.3. The molecule has 3 N–H and O–H groups in total. The third-order valence-corrected chi connectivity index (χ3v) is 7.69. The fraction of sp³-hybridized carbons (Fsp3) is 0.615. The minimum Gasteiger partial charge on any atom is -0.389 e. The highest BCUT2D eigenvalue weighted by Gasteiger charge is 2.33. The van der Waals surface area contributed by atoms with Gasteiger partial charge in [0.25, 0.3) is 18.2 Å². The van der Waals surface area contributed by atoms with Crippen molar-refractivity contribution in [3.63, 3.8) is 0 Å². The molecule has 2 atom stereocenters. The first-order chi connectivity index (χ1) is 17.1. The Morgan fingerprint density at radius 2 is 1.95 bits per heavy atom. The number of alkyl halides is 2. The molecule has 3 heterocycles. The van der Waals surface area contributed by atoms with Crippen LogP contribution in [0, 0.1) is 5.41 Å². The first-order valence-corrected chi connectivity index (χ1v) is 13.3. The lowest BCUT2D eigenvalue weighted by Gasteiger charge is -2.28. The van der Waals surface area contributed by atoms with E-state index >= 15 is 0 Å². The molecule has 0 radical (unpaired) electrons. The fourth-order valence-corrected chi connectivity index (χ4v) is 4.85. The van der Waals surface area contributed by atoms with Gasteiger partial charge in [0.1, 0.15) is 11.5 Å². The van der Waals surface area contributed by atoms with Crippen molar-refractivity contribution < 1.29 is 23.5 Å². The smallest absolute Gasteiger partial charge is 0.280 e. The minimum atomic E-state index is -2.84. The number of aromatic nitrogens is 2. The molecular formula is C26H37F2N5O3S. The van der Waals surface area contributed by atoms with E-state index in [1.54, 1.807) is 18.7 Å². The van der Waals surface area contributed by atoms with Crippen LogP contribution in [0.5, 0.6) is 0 Å². The number of halogens is 2. The molecule has 0 aliphatic carbocycles. The van der Waals surface area contributed by atoms with Crippen molar-refractivity contribution >= 4 is 29.0 Å². The monoisotopic (exact) mass is 537 g/mol. The van der Waals surface area contributed by atoms with Crippen molar-refractivity contribution in [2.75, 3.05) is 18.4 Å². The van der Waals surface area contributed by atoms with Crippen LogP contribution in [0.4, 0.5) is 14.6 Å². The zero-order chi connectivity index (χ0) is 27.7. The van der Waals surface area contributed by atoms with Gasteiger partial charge in [-0.05, 0) is 52.0 Å². The van der Waals surface area contributed by atoms with E-state index in [1.807, 2.05) is 34.6 Å². The average molecular weight is 538 g/mol. The van der Waals surface area contributed by atoms with Crippen molar-refractivity contribution in [1.29, 1.82) is 0 Å². The molecule has 8 nitrogen and oxygen atoms in total. The Kier molecular flexibility index (Phi) is 8.58. The quantitative estimate of drug-likeness (QED) is 0.432. The summed E-state index contributed by atoms with van der Waals surface area (Å²) >= 11 is 0.869. The van der Waals surface area contributed by atoms with Gasteiger partial charge in [-0.25, -0.2) is 18.7 Å². The van der Waals surface area contributed by atoms with Crippen LogP contribution in [0.25, 0.3) is 10.4 Å². The lowest BCUT2D eigenvalue weighted by atomic mass is 9.88. The van der Waals surface area contributed by atoms with Crippen molar-refractivity contribution in [3.8, 4) is 10.4 Å². The maximum Gasteiger partial charge on any atom is 0.280 e. The van der Waals surface area contributed by atoms with Gasteiger partial charge in [0.05, 0.1) is 10.5 Å². The van der Waals surface area contributed by atoms with Gasteiger partial charge in [0, 0.05) is 42.5 Å². The largest absolute Gasteiger partial charge is 0.389 e. The number of rotatable bonds is 8. The van der Waals surface area contributed by atoms with Gasteiger partial charge >= 0.3 is 0 Å². The number of hydrogen-bond donors (Lipinski definition) is 3. The molecule has 0 aromatic carbocycles. The average Bonchev–Trinajstić information content (AvgIpc) is 3.42. The summed E-state index contributed by atoms with van der Waals surface area (Å²) in [4.78, 5) is 36.8.